The van der Waals surface area contributed by atoms with Crippen LogP contribution in [0.15, 0.2) is 0 Å². The highest BCUT2D eigenvalue weighted by Gasteiger charge is 2.20. The summed E-state index contributed by atoms with van der Waals surface area (Å²) in [6.07, 6.45) is 28.5. The first-order chi connectivity index (χ1) is 26.9. The molecule has 0 fully saturated rings. The monoisotopic (exact) mass is 817 g/mol. The number of carbonyl (C=O) groups excluding carboxylic acids is 3. The molecule has 0 radical (unpaired) electrons. The van der Waals surface area contributed by atoms with Crippen LogP contribution >= 0.6 is 21.6 Å². The van der Waals surface area contributed by atoms with Crippen molar-refractivity contribution >= 4 is 39.5 Å². The Morgan fingerprint density at radius 1 is 0.436 bits per heavy atom. The average Bonchev–Trinajstić information content (AvgIpc) is 3.19. The number of rotatable bonds is 43. The maximum atomic E-state index is 13.0. The summed E-state index contributed by atoms with van der Waals surface area (Å²) < 4.78 is 16.6. The Balaban J connectivity index is 4.52. The van der Waals surface area contributed by atoms with Crippen LogP contribution in [0.3, 0.4) is 0 Å². The Morgan fingerprint density at radius 3 is 1.36 bits per heavy atom. The van der Waals surface area contributed by atoms with E-state index in [0.29, 0.717) is 26.1 Å². The molecule has 0 aliphatic rings. The summed E-state index contributed by atoms with van der Waals surface area (Å²) in [7, 11) is 3.68. The quantitative estimate of drug-likeness (QED) is 0.0257. The molecule has 0 amide bonds. The van der Waals surface area contributed by atoms with Crippen molar-refractivity contribution in [3.63, 3.8) is 0 Å². The van der Waals surface area contributed by atoms with Crippen LogP contribution in [-0.2, 0) is 28.6 Å². The van der Waals surface area contributed by atoms with Gasteiger partial charge in [0.15, 0.2) is 0 Å². The molecule has 0 unspecified atom stereocenters. The first kappa shape index (κ1) is 54.0. The van der Waals surface area contributed by atoms with Crippen molar-refractivity contribution in [3.05, 3.63) is 0 Å². The van der Waals surface area contributed by atoms with Gasteiger partial charge in [-0.05, 0) is 51.9 Å². The van der Waals surface area contributed by atoms with Crippen LogP contribution < -0.4 is 0 Å². The topological polar surface area (TPSA) is 85.4 Å². The van der Waals surface area contributed by atoms with E-state index in [4.69, 9.17) is 14.2 Å². The van der Waals surface area contributed by atoms with Gasteiger partial charge in [-0.3, -0.25) is 14.4 Å². The van der Waals surface area contributed by atoms with Crippen molar-refractivity contribution in [2.24, 2.45) is 5.92 Å². The molecule has 0 N–H and O–H groups in total. The maximum Gasteiger partial charge on any atom is 0.309 e. The zero-order valence-corrected chi connectivity index (χ0v) is 38.3. The number of hydrogen-bond donors (Lipinski definition) is 0. The van der Waals surface area contributed by atoms with E-state index in [2.05, 4.69) is 44.4 Å². The van der Waals surface area contributed by atoms with Gasteiger partial charge in [-0.1, -0.05) is 178 Å². The van der Waals surface area contributed by atoms with Crippen molar-refractivity contribution in [3.8, 4) is 0 Å². The van der Waals surface area contributed by atoms with Gasteiger partial charge in [-0.15, -0.1) is 0 Å². The number of nitrogens with zero attached hydrogens (tertiary/aromatic N) is 2. The molecule has 326 valence electrons. The van der Waals surface area contributed by atoms with Crippen LogP contribution in [0.5, 0.6) is 0 Å². The molecule has 0 aliphatic carbocycles. The minimum absolute atomic E-state index is 0.0631. The lowest BCUT2D eigenvalue weighted by molar-refractivity contribution is -0.155. The molecule has 0 saturated carbocycles. The first-order valence-corrected chi connectivity index (χ1v) is 25.6. The third-order valence-electron chi connectivity index (χ3n) is 10.4. The molecule has 0 aromatic rings. The Morgan fingerprint density at radius 2 is 0.855 bits per heavy atom. The Labute approximate surface area is 348 Å². The van der Waals surface area contributed by atoms with E-state index in [1.54, 1.807) is 10.8 Å². The molecular weight excluding hydrogens is 729 g/mol. The molecule has 0 atom stereocenters. The molecule has 0 rings (SSSR count). The number of hydrogen-bond acceptors (Lipinski definition) is 10. The van der Waals surface area contributed by atoms with Crippen LogP contribution in [-0.4, -0.2) is 98.3 Å². The van der Waals surface area contributed by atoms with Gasteiger partial charge in [-0.25, -0.2) is 0 Å². The normalized spacial score (nSPS) is 11.6. The molecule has 0 aliphatic heterocycles. The average molecular weight is 817 g/mol. The smallest absolute Gasteiger partial charge is 0.309 e. The summed E-state index contributed by atoms with van der Waals surface area (Å²) in [5.41, 5.74) is 0. The van der Waals surface area contributed by atoms with E-state index >= 15 is 0 Å². The molecule has 0 aromatic carbocycles. The lowest BCUT2D eigenvalue weighted by Crippen LogP contribution is -2.33. The summed E-state index contributed by atoms with van der Waals surface area (Å²) >= 11 is 0. The van der Waals surface area contributed by atoms with E-state index in [1.807, 2.05) is 10.8 Å². The molecule has 10 heteroatoms. The largest absolute Gasteiger partial charge is 0.465 e. The van der Waals surface area contributed by atoms with Crippen molar-refractivity contribution in [1.29, 1.82) is 0 Å². The minimum Gasteiger partial charge on any atom is -0.465 e. The van der Waals surface area contributed by atoms with Crippen molar-refractivity contribution in [2.75, 3.05) is 70.6 Å². The van der Waals surface area contributed by atoms with Gasteiger partial charge < -0.3 is 24.0 Å². The summed E-state index contributed by atoms with van der Waals surface area (Å²) in [6, 6.07) is 0. The van der Waals surface area contributed by atoms with Crippen LogP contribution in [0.25, 0.3) is 0 Å². The molecule has 0 saturated heterocycles. The van der Waals surface area contributed by atoms with Gasteiger partial charge in [0.2, 0.25) is 0 Å². The van der Waals surface area contributed by atoms with Crippen molar-refractivity contribution in [2.45, 2.75) is 195 Å². The Bertz CT molecular complexity index is 847. The number of ether oxygens (including phenoxy) is 3. The molecule has 0 aromatic heterocycles. The van der Waals surface area contributed by atoms with E-state index in [1.165, 1.54) is 116 Å². The van der Waals surface area contributed by atoms with E-state index in [0.717, 1.165) is 69.8 Å². The van der Waals surface area contributed by atoms with Crippen molar-refractivity contribution < 1.29 is 28.6 Å². The third kappa shape index (κ3) is 37.1. The minimum atomic E-state index is -0.301. The fourth-order valence-electron chi connectivity index (χ4n) is 6.78. The van der Waals surface area contributed by atoms with Gasteiger partial charge in [0.25, 0.3) is 0 Å². The molecule has 0 heterocycles. The molecular formula is C45H88N2O6S2. The fourth-order valence-corrected chi connectivity index (χ4v) is 8.75. The fraction of sp³-hybridized carbons (Fsp3) is 0.933. The van der Waals surface area contributed by atoms with Crippen molar-refractivity contribution in [1.82, 2.24) is 9.80 Å². The molecule has 55 heavy (non-hydrogen) atoms. The predicted molar refractivity (Wildman–Crippen MR) is 238 cm³/mol. The lowest BCUT2D eigenvalue weighted by Gasteiger charge is -2.24. The van der Waals surface area contributed by atoms with E-state index in [-0.39, 0.29) is 43.5 Å². The van der Waals surface area contributed by atoms with Gasteiger partial charge in [-0.2, -0.15) is 0 Å². The lowest BCUT2D eigenvalue weighted by atomic mass is 9.94. The van der Waals surface area contributed by atoms with Crippen LogP contribution in [0.4, 0.5) is 0 Å². The van der Waals surface area contributed by atoms with E-state index in [9.17, 15) is 14.4 Å². The zero-order chi connectivity index (χ0) is 40.5. The van der Waals surface area contributed by atoms with Gasteiger partial charge in [0.05, 0.1) is 18.8 Å². The standard InChI is InChI=1S/C45H88N2O6S2/c1-6-11-14-17-20-21-24-27-40-54-55-41-39-52-44(49)32-36-47(34-28-33-46(9-4)10-5)35-31-43(48)51-37-38-53-45(50)42(29-25-22-18-15-12-7-2)30-26-23-19-16-13-8-3/h42H,6-41H2,1-5H3. The summed E-state index contributed by atoms with van der Waals surface area (Å²) in [4.78, 5) is 42.8. The van der Waals surface area contributed by atoms with Gasteiger partial charge >= 0.3 is 17.9 Å². The summed E-state index contributed by atoms with van der Waals surface area (Å²) in [5, 5.41) is 0. The number of esters is 3. The Kier molecular flexibility index (Phi) is 41.9. The zero-order valence-electron chi connectivity index (χ0n) is 36.7. The van der Waals surface area contributed by atoms with E-state index < -0.39 is 0 Å². The molecule has 0 bridgehead atoms. The highest BCUT2D eigenvalue weighted by atomic mass is 33.1. The van der Waals surface area contributed by atoms with Gasteiger partial charge in [0, 0.05) is 24.6 Å². The number of carbonyl (C=O) groups is 3. The third-order valence-corrected chi connectivity index (χ3v) is 12.9. The van der Waals surface area contributed by atoms with Crippen LogP contribution in [0, 0.1) is 5.92 Å². The van der Waals surface area contributed by atoms with Gasteiger partial charge in [0.1, 0.15) is 19.8 Å². The first-order valence-electron chi connectivity index (χ1n) is 23.1. The summed E-state index contributed by atoms with van der Waals surface area (Å²) in [6.45, 7) is 16.6. The van der Waals surface area contributed by atoms with Crippen LogP contribution in [0.2, 0.25) is 0 Å². The molecule has 0 spiro atoms. The second-order valence-corrected chi connectivity index (χ2v) is 18.0. The highest BCUT2D eigenvalue weighted by Crippen LogP contribution is 2.23. The second kappa shape index (κ2) is 42.6. The SMILES string of the molecule is CCCCCCCCCCSSCCOC(=O)CCN(CCCN(CC)CC)CCC(=O)OCCOC(=O)C(CCCCCCCC)CCCCCCCC. The summed E-state index contributed by atoms with van der Waals surface area (Å²) in [5.74, 6) is 1.28. The highest BCUT2D eigenvalue weighted by molar-refractivity contribution is 8.76. The second-order valence-electron chi connectivity index (χ2n) is 15.3. The maximum absolute atomic E-state index is 13.0. The van der Waals surface area contributed by atoms with Crippen LogP contribution in [0.1, 0.15) is 195 Å². The number of unbranched alkanes of at least 4 members (excludes halogenated alkanes) is 17. The molecule has 8 nitrogen and oxygen atoms in total. The predicted octanol–water partition coefficient (Wildman–Crippen LogP) is 12.1. The Hall–Kier alpha value is -0.970.